The number of nitrogens with one attached hydrogen (secondary N) is 1. The van der Waals surface area contributed by atoms with Crippen LogP contribution in [0.4, 0.5) is 0 Å². The first-order valence-corrected chi connectivity index (χ1v) is 7.53. The summed E-state index contributed by atoms with van der Waals surface area (Å²) in [5, 5.41) is 8.76. The molecule has 0 aromatic heterocycles. The zero-order valence-corrected chi connectivity index (χ0v) is 9.17. The third-order valence-corrected chi connectivity index (χ3v) is 6.28. The van der Waals surface area contributed by atoms with Gasteiger partial charge in [0.05, 0.1) is 6.04 Å². The topological polar surface area (TPSA) is 58.6 Å². The number of hydrogen-bond acceptors (Lipinski definition) is 3. The normalized spacial score (nSPS) is 23.8. The smallest absolute Gasteiger partial charge is 0.319 e. The third-order valence-electron chi connectivity index (χ3n) is 2.53. The summed E-state index contributed by atoms with van der Waals surface area (Å²) < 4.78 is 5.25. The maximum absolute atomic E-state index is 10.6. The summed E-state index contributed by atoms with van der Waals surface area (Å²) in [5.41, 5.74) is 0. The summed E-state index contributed by atoms with van der Waals surface area (Å²) in [4.78, 5) is 13.9. The lowest BCUT2D eigenvalue weighted by Crippen LogP contribution is -2.56. The Morgan fingerprint density at radius 3 is 2.54 bits per heavy atom. The fourth-order valence-electron chi connectivity index (χ4n) is 1.55. The molecule has 0 aromatic carbocycles. The summed E-state index contributed by atoms with van der Waals surface area (Å²) in [6.45, 7) is 5.45. The van der Waals surface area contributed by atoms with Gasteiger partial charge in [0.25, 0.3) is 0 Å². The standard InChI is InChI=1S/C8H17NO3Si/c1-7(8(10)11)9-13(2)5-3-12-4-6-13/h7,9H,3-6H2,1-2H3,(H,10,11)/t7-/m0/s1. The van der Waals surface area contributed by atoms with Crippen LogP contribution >= 0.6 is 0 Å². The Morgan fingerprint density at radius 1 is 1.54 bits per heavy atom. The molecule has 13 heavy (non-hydrogen) atoms. The highest BCUT2D eigenvalue weighted by Crippen LogP contribution is 2.17. The van der Waals surface area contributed by atoms with Crippen LogP contribution in [0.3, 0.4) is 0 Å². The van der Waals surface area contributed by atoms with Gasteiger partial charge in [-0.05, 0) is 19.0 Å². The maximum atomic E-state index is 10.6. The van der Waals surface area contributed by atoms with Crippen LogP contribution in [0.2, 0.25) is 18.6 Å². The molecular weight excluding hydrogens is 186 g/mol. The van der Waals surface area contributed by atoms with Gasteiger partial charge in [-0.1, -0.05) is 6.55 Å². The Balaban J connectivity index is 2.45. The largest absolute Gasteiger partial charge is 0.480 e. The van der Waals surface area contributed by atoms with Gasteiger partial charge in [0, 0.05) is 13.2 Å². The molecule has 0 amide bonds. The van der Waals surface area contributed by atoms with Gasteiger partial charge in [-0.15, -0.1) is 0 Å². The third kappa shape index (κ3) is 3.09. The monoisotopic (exact) mass is 203 g/mol. The van der Waals surface area contributed by atoms with Gasteiger partial charge in [0.2, 0.25) is 0 Å². The van der Waals surface area contributed by atoms with Crippen LogP contribution in [0.5, 0.6) is 0 Å². The van der Waals surface area contributed by atoms with E-state index in [0.29, 0.717) is 0 Å². The van der Waals surface area contributed by atoms with Gasteiger partial charge in [-0.25, -0.2) is 0 Å². The van der Waals surface area contributed by atoms with E-state index in [1.54, 1.807) is 6.92 Å². The molecule has 1 aliphatic heterocycles. The first-order valence-electron chi connectivity index (χ1n) is 4.62. The molecule has 1 rings (SSSR count). The SMILES string of the molecule is C[C@H](N[Si]1(C)CCOCC1)C(=O)O. The quantitative estimate of drug-likeness (QED) is 0.661. The first kappa shape index (κ1) is 10.7. The molecule has 0 spiro atoms. The fraction of sp³-hybridized carbons (Fsp3) is 0.875. The van der Waals surface area contributed by atoms with Crippen molar-refractivity contribution in [3.63, 3.8) is 0 Å². The molecule has 0 bridgehead atoms. The fourth-order valence-corrected chi connectivity index (χ4v) is 4.45. The molecule has 1 aliphatic rings. The van der Waals surface area contributed by atoms with Crippen molar-refractivity contribution in [2.75, 3.05) is 13.2 Å². The lowest BCUT2D eigenvalue weighted by Gasteiger charge is -2.33. The Morgan fingerprint density at radius 2 is 2.08 bits per heavy atom. The lowest BCUT2D eigenvalue weighted by atomic mass is 10.4. The molecule has 1 saturated heterocycles. The summed E-state index contributed by atoms with van der Waals surface area (Å²) in [6.07, 6.45) is 0. The molecule has 0 radical (unpaired) electrons. The Hall–Kier alpha value is -0.393. The second-order valence-electron chi connectivity index (χ2n) is 3.88. The molecule has 0 saturated carbocycles. The van der Waals surface area contributed by atoms with Gasteiger partial charge >= 0.3 is 5.97 Å². The number of carboxylic acids is 1. The molecule has 76 valence electrons. The van der Waals surface area contributed by atoms with E-state index in [0.717, 1.165) is 25.3 Å². The van der Waals surface area contributed by atoms with Crippen molar-refractivity contribution >= 4 is 14.2 Å². The Kier molecular flexibility index (Phi) is 3.46. The van der Waals surface area contributed by atoms with E-state index < -0.39 is 20.2 Å². The molecule has 4 nitrogen and oxygen atoms in total. The molecule has 2 N–H and O–H groups in total. The number of rotatable bonds is 3. The minimum atomic E-state index is -1.52. The summed E-state index contributed by atoms with van der Waals surface area (Å²) in [6, 6.07) is 1.62. The van der Waals surface area contributed by atoms with Gasteiger partial charge in [-0.3, -0.25) is 4.79 Å². The lowest BCUT2D eigenvalue weighted by molar-refractivity contribution is -0.138. The molecule has 0 unspecified atom stereocenters. The minimum Gasteiger partial charge on any atom is -0.480 e. The van der Waals surface area contributed by atoms with E-state index in [-0.39, 0.29) is 0 Å². The van der Waals surface area contributed by atoms with Crippen molar-refractivity contribution in [1.29, 1.82) is 0 Å². The molecule has 1 heterocycles. The molecule has 0 aliphatic carbocycles. The summed E-state index contributed by atoms with van der Waals surface area (Å²) >= 11 is 0. The summed E-state index contributed by atoms with van der Waals surface area (Å²) in [5.74, 6) is -0.764. The summed E-state index contributed by atoms with van der Waals surface area (Å²) in [7, 11) is -1.52. The average molecular weight is 203 g/mol. The molecule has 0 aromatic rings. The van der Waals surface area contributed by atoms with Crippen molar-refractivity contribution in [3.05, 3.63) is 0 Å². The van der Waals surface area contributed by atoms with Gasteiger partial charge in [-0.2, -0.15) is 0 Å². The van der Waals surface area contributed by atoms with E-state index >= 15 is 0 Å². The number of carboxylic acid groups (broad SMARTS) is 1. The van der Waals surface area contributed by atoms with Crippen LogP contribution < -0.4 is 4.98 Å². The molecular formula is C8H17NO3Si. The molecule has 1 atom stereocenters. The number of carbonyl (C=O) groups is 1. The van der Waals surface area contributed by atoms with Crippen LogP contribution in [-0.4, -0.2) is 38.6 Å². The highest BCUT2D eigenvalue weighted by molar-refractivity contribution is 6.76. The first-order chi connectivity index (χ1) is 6.03. The van der Waals surface area contributed by atoms with Gasteiger partial charge in [0.15, 0.2) is 0 Å². The predicted molar refractivity (Wildman–Crippen MR) is 52.3 cm³/mol. The highest BCUT2D eigenvalue weighted by atomic mass is 28.3. The van der Waals surface area contributed by atoms with Crippen LogP contribution in [-0.2, 0) is 9.53 Å². The van der Waals surface area contributed by atoms with Crippen LogP contribution in [0.1, 0.15) is 6.92 Å². The Bertz CT molecular complexity index is 192. The number of aliphatic carboxylic acids is 1. The van der Waals surface area contributed by atoms with Crippen LogP contribution in [0, 0.1) is 0 Å². The highest BCUT2D eigenvalue weighted by Gasteiger charge is 2.32. The maximum Gasteiger partial charge on any atom is 0.319 e. The van der Waals surface area contributed by atoms with Crippen molar-refractivity contribution < 1.29 is 14.6 Å². The number of hydrogen-bond donors (Lipinski definition) is 2. The second kappa shape index (κ2) is 4.21. The number of ether oxygens (including phenoxy) is 1. The van der Waals surface area contributed by atoms with E-state index in [4.69, 9.17) is 9.84 Å². The van der Waals surface area contributed by atoms with E-state index in [1.165, 1.54) is 0 Å². The van der Waals surface area contributed by atoms with Crippen molar-refractivity contribution in [3.8, 4) is 0 Å². The van der Waals surface area contributed by atoms with Crippen molar-refractivity contribution in [2.45, 2.75) is 31.6 Å². The zero-order chi connectivity index (χ0) is 9.90. The second-order valence-corrected chi connectivity index (χ2v) is 8.29. The van der Waals surface area contributed by atoms with Crippen molar-refractivity contribution in [2.24, 2.45) is 0 Å². The predicted octanol–water partition coefficient (Wildman–Crippen LogP) is 0.655. The van der Waals surface area contributed by atoms with Crippen molar-refractivity contribution in [1.82, 2.24) is 4.98 Å². The van der Waals surface area contributed by atoms with Crippen LogP contribution in [0.25, 0.3) is 0 Å². The van der Waals surface area contributed by atoms with Crippen LogP contribution in [0.15, 0.2) is 0 Å². The average Bonchev–Trinajstić information content (AvgIpc) is 2.04. The molecule has 1 fully saturated rings. The zero-order valence-electron chi connectivity index (χ0n) is 8.17. The van der Waals surface area contributed by atoms with Gasteiger partial charge in [0.1, 0.15) is 8.24 Å². The molecule has 5 heteroatoms. The van der Waals surface area contributed by atoms with E-state index in [9.17, 15) is 4.79 Å². The minimum absolute atomic E-state index is 0.422. The Labute approximate surface area is 79.4 Å². The van der Waals surface area contributed by atoms with E-state index in [2.05, 4.69) is 11.5 Å². The van der Waals surface area contributed by atoms with E-state index in [1.807, 2.05) is 0 Å². The van der Waals surface area contributed by atoms with Gasteiger partial charge < -0.3 is 14.8 Å².